The van der Waals surface area contributed by atoms with Gasteiger partial charge in [-0.15, -0.1) is 0 Å². The Bertz CT molecular complexity index is 828. The minimum atomic E-state index is -3.91. The topological polar surface area (TPSA) is 92.5 Å². The second kappa shape index (κ2) is 7.01. The number of carbonyl (C=O) groups excluding carboxylic acids is 1. The van der Waals surface area contributed by atoms with Gasteiger partial charge in [-0.05, 0) is 31.4 Å². The monoisotopic (exact) mass is 363 g/mol. The third kappa shape index (κ3) is 3.62. The quantitative estimate of drug-likeness (QED) is 0.753. The number of primary sulfonamides is 1. The predicted molar refractivity (Wildman–Crippen MR) is 102 cm³/mol. The third-order valence-electron chi connectivity index (χ3n) is 4.53. The van der Waals surface area contributed by atoms with Crippen molar-refractivity contribution in [3.05, 3.63) is 47.6 Å². The minimum Gasteiger partial charge on any atom is -0.377 e. The maximum absolute atomic E-state index is 12.6. The lowest BCUT2D eigenvalue weighted by atomic mass is 9.83. The van der Waals surface area contributed by atoms with Gasteiger partial charge in [0, 0.05) is 37.5 Å². The Labute approximate surface area is 149 Å². The minimum absolute atomic E-state index is 0.194. The Morgan fingerprint density at radius 1 is 1.40 bits per heavy atom. The van der Waals surface area contributed by atoms with Crippen LogP contribution in [0.15, 0.2) is 36.4 Å². The van der Waals surface area contributed by atoms with Crippen LogP contribution in [0.4, 0.5) is 5.69 Å². The van der Waals surface area contributed by atoms with E-state index in [2.05, 4.69) is 11.9 Å². The van der Waals surface area contributed by atoms with Gasteiger partial charge in [0.1, 0.15) is 4.75 Å². The molecule has 0 saturated heterocycles. The molecule has 3 N–H and O–H groups in total. The Balaban J connectivity index is 2.47. The van der Waals surface area contributed by atoms with E-state index in [0.717, 1.165) is 11.3 Å². The molecule has 0 aromatic heterocycles. The molecule has 0 spiro atoms. The molecule has 2 rings (SSSR count). The van der Waals surface area contributed by atoms with Gasteiger partial charge in [0.2, 0.25) is 15.9 Å². The number of amides is 1. The first-order valence-corrected chi connectivity index (χ1v) is 9.58. The predicted octanol–water partition coefficient (Wildman–Crippen LogP) is 1.74. The van der Waals surface area contributed by atoms with Gasteiger partial charge < -0.3 is 10.2 Å². The average molecular weight is 363 g/mol. The average Bonchev–Trinajstić information content (AvgIpc) is 2.52. The van der Waals surface area contributed by atoms with Crippen LogP contribution >= 0.6 is 0 Å². The number of carbonyl (C=O) groups is 1. The molecule has 136 valence electrons. The van der Waals surface area contributed by atoms with Crippen molar-refractivity contribution in [2.45, 2.75) is 24.5 Å². The molecule has 0 heterocycles. The van der Waals surface area contributed by atoms with Crippen LogP contribution in [0, 0.1) is 0 Å². The summed E-state index contributed by atoms with van der Waals surface area (Å²) in [5.74, 6) is -0.293. The summed E-state index contributed by atoms with van der Waals surface area (Å²) in [6.07, 6.45) is 4.23. The summed E-state index contributed by atoms with van der Waals surface area (Å²) in [6, 6.07) is 5.57. The smallest absolute Gasteiger partial charge is 0.246 e. The van der Waals surface area contributed by atoms with Gasteiger partial charge in [0.15, 0.2) is 0 Å². The molecule has 0 radical (unpaired) electrons. The van der Waals surface area contributed by atoms with Crippen LogP contribution in [0.2, 0.25) is 0 Å². The molecule has 0 saturated carbocycles. The Morgan fingerprint density at radius 3 is 2.64 bits per heavy atom. The fourth-order valence-electron chi connectivity index (χ4n) is 3.17. The molecule has 1 amide bonds. The number of fused-ring (bicyclic) bond motifs is 1. The number of hydrogen-bond donors (Lipinski definition) is 2. The van der Waals surface area contributed by atoms with E-state index in [1.165, 1.54) is 0 Å². The highest BCUT2D eigenvalue weighted by atomic mass is 32.2. The molecule has 1 unspecified atom stereocenters. The lowest BCUT2D eigenvalue weighted by Crippen LogP contribution is -2.44. The summed E-state index contributed by atoms with van der Waals surface area (Å²) >= 11 is 0. The number of allylic oxidation sites excluding steroid dienone is 1. The number of sulfonamides is 1. The van der Waals surface area contributed by atoms with Crippen molar-refractivity contribution >= 4 is 27.7 Å². The summed E-state index contributed by atoms with van der Waals surface area (Å²) in [6.45, 7) is 5.38. The van der Waals surface area contributed by atoms with E-state index in [1.54, 1.807) is 13.0 Å². The zero-order valence-corrected chi connectivity index (χ0v) is 15.7. The largest absolute Gasteiger partial charge is 0.377 e. The molecule has 0 fully saturated rings. The van der Waals surface area contributed by atoms with Gasteiger partial charge >= 0.3 is 0 Å². The molecule has 1 aromatic carbocycles. The Hall–Kier alpha value is -2.12. The first-order valence-electron chi connectivity index (χ1n) is 8.03. The van der Waals surface area contributed by atoms with E-state index in [-0.39, 0.29) is 25.3 Å². The van der Waals surface area contributed by atoms with E-state index in [0.29, 0.717) is 11.1 Å². The van der Waals surface area contributed by atoms with Gasteiger partial charge in [-0.1, -0.05) is 30.9 Å². The highest BCUT2D eigenvalue weighted by molar-refractivity contribution is 7.90. The second-order valence-corrected chi connectivity index (χ2v) is 8.44. The fraction of sp³-hybridized carbons (Fsp3) is 0.389. The van der Waals surface area contributed by atoms with Crippen molar-refractivity contribution < 1.29 is 13.2 Å². The van der Waals surface area contributed by atoms with Crippen LogP contribution in [0.1, 0.15) is 30.9 Å². The van der Waals surface area contributed by atoms with Crippen molar-refractivity contribution in [2.75, 3.05) is 25.5 Å². The maximum atomic E-state index is 12.6. The van der Waals surface area contributed by atoms with E-state index in [1.807, 2.05) is 43.3 Å². The van der Waals surface area contributed by atoms with Crippen molar-refractivity contribution in [1.29, 1.82) is 0 Å². The summed E-state index contributed by atoms with van der Waals surface area (Å²) in [5.41, 5.74) is 2.82. The first kappa shape index (κ1) is 19.2. The standard InChI is InChI=1S/C18H25N3O3S/c1-13(2)17(22)20-12-11-18(25(19,23)24)10-6-7-14-15(18)8-5-9-16(14)21(3)4/h5-9H,1,10-12H2,2-4H3,(H,20,22)(H2,19,23,24). The number of nitrogens with zero attached hydrogens (tertiary/aromatic N) is 1. The van der Waals surface area contributed by atoms with Crippen LogP contribution < -0.4 is 15.4 Å². The highest BCUT2D eigenvalue weighted by Gasteiger charge is 2.45. The van der Waals surface area contributed by atoms with Crippen molar-refractivity contribution in [3.8, 4) is 0 Å². The molecular weight excluding hydrogens is 338 g/mol. The van der Waals surface area contributed by atoms with Crippen molar-refractivity contribution in [1.82, 2.24) is 5.32 Å². The van der Waals surface area contributed by atoms with Crippen LogP contribution in [0.5, 0.6) is 0 Å². The van der Waals surface area contributed by atoms with Crippen LogP contribution in [-0.4, -0.2) is 35.0 Å². The number of nitrogens with two attached hydrogens (primary N) is 1. The molecule has 1 aromatic rings. The second-order valence-electron chi connectivity index (χ2n) is 6.56. The summed E-state index contributed by atoms with van der Waals surface area (Å²) in [7, 11) is -0.0920. The molecule has 7 heteroatoms. The van der Waals surface area contributed by atoms with Crippen LogP contribution in [-0.2, 0) is 19.6 Å². The van der Waals surface area contributed by atoms with Gasteiger partial charge in [-0.2, -0.15) is 0 Å². The van der Waals surface area contributed by atoms with E-state index >= 15 is 0 Å². The molecule has 1 aliphatic carbocycles. The van der Waals surface area contributed by atoms with Crippen molar-refractivity contribution in [3.63, 3.8) is 0 Å². The van der Waals surface area contributed by atoms with Gasteiger partial charge in [-0.25, -0.2) is 13.6 Å². The zero-order chi connectivity index (χ0) is 18.8. The summed E-state index contributed by atoms with van der Waals surface area (Å²) < 4.78 is 23.9. The highest BCUT2D eigenvalue weighted by Crippen LogP contribution is 2.44. The van der Waals surface area contributed by atoms with E-state index in [4.69, 9.17) is 5.14 Å². The summed E-state index contributed by atoms with van der Waals surface area (Å²) in [4.78, 5) is 13.7. The third-order valence-corrected chi connectivity index (χ3v) is 6.21. The number of nitrogens with one attached hydrogen (secondary N) is 1. The molecule has 1 atom stereocenters. The SMILES string of the molecule is C=C(C)C(=O)NCCC1(S(N)(=O)=O)CC=Cc2c(N(C)C)cccc21. The molecule has 6 nitrogen and oxygen atoms in total. The number of rotatable bonds is 6. The normalized spacial score (nSPS) is 19.2. The lowest BCUT2D eigenvalue weighted by molar-refractivity contribution is -0.117. The van der Waals surface area contributed by atoms with Crippen molar-refractivity contribution in [2.24, 2.45) is 5.14 Å². The van der Waals surface area contributed by atoms with E-state index < -0.39 is 14.8 Å². The molecule has 25 heavy (non-hydrogen) atoms. The van der Waals surface area contributed by atoms with Gasteiger partial charge in [0.25, 0.3) is 0 Å². The van der Waals surface area contributed by atoms with Crippen LogP contribution in [0.25, 0.3) is 6.08 Å². The van der Waals surface area contributed by atoms with Gasteiger partial charge in [0.05, 0.1) is 0 Å². The van der Waals surface area contributed by atoms with Gasteiger partial charge in [-0.3, -0.25) is 4.79 Å². The Kier molecular flexibility index (Phi) is 5.39. The molecule has 1 aliphatic rings. The molecule has 0 aliphatic heterocycles. The molecule has 0 bridgehead atoms. The number of benzene rings is 1. The fourth-order valence-corrected chi connectivity index (χ4v) is 4.37. The summed E-state index contributed by atoms with van der Waals surface area (Å²) in [5, 5.41) is 8.36. The Morgan fingerprint density at radius 2 is 2.08 bits per heavy atom. The molecular formula is C18H25N3O3S. The maximum Gasteiger partial charge on any atom is 0.246 e. The van der Waals surface area contributed by atoms with E-state index in [9.17, 15) is 13.2 Å². The first-order chi connectivity index (χ1) is 11.6. The lowest BCUT2D eigenvalue weighted by Gasteiger charge is -2.36. The van der Waals surface area contributed by atoms with Crippen LogP contribution in [0.3, 0.4) is 0 Å². The number of hydrogen-bond acceptors (Lipinski definition) is 4. The zero-order valence-electron chi connectivity index (χ0n) is 14.9. The number of anilines is 1.